The fourth-order valence-electron chi connectivity index (χ4n) is 4.95. The van der Waals surface area contributed by atoms with Gasteiger partial charge in [0, 0.05) is 11.8 Å². The Bertz CT molecular complexity index is 1270. The maximum Gasteiger partial charge on any atom is 0.125 e. The second-order valence-electron chi connectivity index (χ2n) is 8.61. The van der Waals surface area contributed by atoms with Crippen molar-refractivity contribution in [1.82, 2.24) is 14.8 Å². The summed E-state index contributed by atoms with van der Waals surface area (Å²) < 4.78 is 31.0. The molecular formula is C21H22N4O2S2. The first-order chi connectivity index (χ1) is 13.8. The summed E-state index contributed by atoms with van der Waals surface area (Å²) in [5, 5.41) is 5.35. The maximum atomic E-state index is 13.4. The normalized spacial score (nSPS) is 26.5. The average Bonchev–Trinajstić information content (AvgIpc) is 3.44. The van der Waals surface area contributed by atoms with E-state index in [1.54, 1.807) is 18.6 Å². The van der Waals surface area contributed by atoms with Crippen LogP contribution in [-0.4, -0.2) is 19.0 Å². The van der Waals surface area contributed by atoms with Crippen molar-refractivity contribution >= 4 is 21.1 Å². The quantitative estimate of drug-likeness (QED) is 0.572. The summed E-state index contributed by atoms with van der Waals surface area (Å²) in [6.45, 7) is 4.03. The number of hydrogen-bond donors (Lipinski definition) is 1. The lowest BCUT2D eigenvalue weighted by atomic mass is 9.97. The molecule has 0 radical (unpaired) electrons. The van der Waals surface area contributed by atoms with Crippen LogP contribution in [0.5, 0.6) is 0 Å². The molecule has 150 valence electrons. The van der Waals surface area contributed by atoms with E-state index < -0.39 is 15.3 Å². The summed E-state index contributed by atoms with van der Waals surface area (Å²) in [6, 6.07) is 2.36. The number of nitrogens with one attached hydrogen (secondary N) is 1. The smallest absolute Gasteiger partial charge is 0.125 e. The highest BCUT2D eigenvalue weighted by Gasteiger charge is 2.38. The van der Waals surface area contributed by atoms with E-state index in [0.717, 1.165) is 42.8 Å². The van der Waals surface area contributed by atoms with E-state index in [4.69, 9.17) is 9.52 Å². The van der Waals surface area contributed by atoms with E-state index in [0.29, 0.717) is 9.10 Å². The van der Waals surface area contributed by atoms with Gasteiger partial charge >= 0.3 is 0 Å². The van der Waals surface area contributed by atoms with Crippen LogP contribution in [-0.2, 0) is 39.3 Å². The summed E-state index contributed by atoms with van der Waals surface area (Å²) in [6.07, 6.45) is 10.1. The first-order valence-electron chi connectivity index (χ1n) is 10.00. The minimum atomic E-state index is -3.16. The molecule has 6 rings (SSSR count). The number of aromatic nitrogens is 3. The molecule has 0 spiro atoms. The zero-order chi connectivity index (χ0) is 20.0. The Morgan fingerprint density at radius 2 is 2.14 bits per heavy atom. The van der Waals surface area contributed by atoms with Crippen LogP contribution in [0.25, 0.3) is 5.69 Å². The van der Waals surface area contributed by atoms with Crippen molar-refractivity contribution in [3.8, 4) is 5.69 Å². The molecule has 2 atom stereocenters. The van der Waals surface area contributed by atoms with Crippen molar-refractivity contribution in [2.45, 2.75) is 66.8 Å². The van der Waals surface area contributed by atoms with Crippen molar-refractivity contribution in [3.05, 3.63) is 51.9 Å². The molecule has 0 fully saturated rings. The van der Waals surface area contributed by atoms with Gasteiger partial charge in [-0.2, -0.15) is 5.10 Å². The molecule has 29 heavy (non-hydrogen) atoms. The van der Waals surface area contributed by atoms with E-state index >= 15 is 0 Å². The molecule has 3 aromatic rings. The number of hydrogen-bond acceptors (Lipinski definition) is 6. The SMILES string of the molecule is CC1(C)OC2CCc3cc4c(c(c32)-n2cc(cn2)S(=N)(=O)c2cnc1s2)CCC4. The Morgan fingerprint density at radius 3 is 3.00 bits per heavy atom. The third kappa shape index (κ3) is 2.45. The Labute approximate surface area is 173 Å². The second-order valence-corrected chi connectivity index (χ2v) is 11.9. The molecule has 2 aromatic heterocycles. The lowest BCUT2D eigenvalue weighted by molar-refractivity contribution is -0.0774. The van der Waals surface area contributed by atoms with E-state index in [1.807, 2.05) is 18.5 Å². The van der Waals surface area contributed by atoms with Crippen molar-refractivity contribution in [1.29, 1.82) is 4.78 Å². The number of ether oxygens (including phenoxy) is 1. The standard InChI is InChI=1S/C21H22N4O2S2/c1-21(2)20-23-10-17(28-20)29(22,26)14-9-24-25(11-14)19-15-5-3-4-12(15)8-13-6-7-16(27-21)18(13)19/h8-11,16,22H,3-7H2,1-2H3. The highest BCUT2D eigenvalue weighted by molar-refractivity contribution is 7.94. The monoisotopic (exact) mass is 426 g/mol. The van der Waals surface area contributed by atoms with Crippen molar-refractivity contribution in [2.75, 3.05) is 0 Å². The molecule has 6 nitrogen and oxygen atoms in total. The highest BCUT2D eigenvalue weighted by Crippen LogP contribution is 2.47. The van der Waals surface area contributed by atoms with Crippen molar-refractivity contribution in [2.24, 2.45) is 0 Å². The van der Waals surface area contributed by atoms with Gasteiger partial charge in [-0.15, -0.1) is 11.3 Å². The van der Waals surface area contributed by atoms with Gasteiger partial charge in [0.05, 0.1) is 29.1 Å². The Balaban J connectivity index is 1.68. The highest BCUT2D eigenvalue weighted by atomic mass is 32.2. The van der Waals surface area contributed by atoms with Crippen molar-refractivity contribution in [3.63, 3.8) is 0 Å². The Hall–Kier alpha value is -2.03. The largest absolute Gasteiger partial charge is 0.360 e. The molecule has 1 aliphatic heterocycles. The summed E-state index contributed by atoms with van der Waals surface area (Å²) in [5.74, 6) is 0. The lowest BCUT2D eigenvalue weighted by Gasteiger charge is -2.29. The van der Waals surface area contributed by atoms with Crippen LogP contribution in [0.1, 0.15) is 60.1 Å². The molecule has 0 saturated heterocycles. The van der Waals surface area contributed by atoms with E-state index in [2.05, 4.69) is 16.1 Å². The maximum absolute atomic E-state index is 13.4. The first kappa shape index (κ1) is 17.8. The predicted octanol–water partition coefficient (Wildman–Crippen LogP) is 4.53. The number of rotatable bonds is 0. The zero-order valence-corrected chi connectivity index (χ0v) is 18.0. The number of fused-ring (bicyclic) bond motifs is 7. The first-order valence-corrected chi connectivity index (χ1v) is 12.4. The molecule has 0 saturated carbocycles. The minimum Gasteiger partial charge on any atom is -0.360 e. The van der Waals surface area contributed by atoms with Gasteiger partial charge in [0.1, 0.15) is 24.5 Å². The molecular weight excluding hydrogens is 404 g/mol. The van der Waals surface area contributed by atoms with Crippen LogP contribution >= 0.6 is 11.3 Å². The summed E-state index contributed by atoms with van der Waals surface area (Å²) >= 11 is 1.31. The summed E-state index contributed by atoms with van der Waals surface area (Å²) in [4.78, 5) is 4.94. The molecule has 2 aliphatic carbocycles. The molecule has 8 heteroatoms. The van der Waals surface area contributed by atoms with Gasteiger partial charge in [-0.1, -0.05) is 6.07 Å². The van der Waals surface area contributed by atoms with Crippen LogP contribution in [0, 0.1) is 4.78 Å². The number of thiazole rings is 1. The fourth-order valence-corrected chi connectivity index (χ4v) is 7.51. The van der Waals surface area contributed by atoms with E-state index in [-0.39, 0.29) is 6.10 Å². The van der Waals surface area contributed by atoms with Crippen LogP contribution in [0.3, 0.4) is 0 Å². The predicted molar refractivity (Wildman–Crippen MR) is 110 cm³/mol. The Morgan fingerprint density at radius 1 is 1.28 bits per heavy atom. The Kier molecular flexibility index (Phi) is 3.54. The molecule has 3 heterocycles. The van der Waals surface area contributed by atoms with Gasteiger partial charge in [0.2, 0.25) is 0 Å². The topological polar surface area (TPSA) is 80.9 Å². The van der Waals surface area contributed by atoms with Crippen LogP contribution in [0.4, 0.5) is 0 Å². The van der Waals surface area contributed by atoms with Crippen LogP contribution in [0.2, 0.25) is 0 Å². The minimum absolute atomic E-state index is 0.0271. The average molecular weight is 427 g/mol. The van der Waals surface area contributed by atoms with Gasteiger partial charge in [-0.05, 0) is 62.6 Å². The van der Waals surface area contributed by atoms with Gasteiger partial charge < -0.3 is 4.74 Å². The van der Waals surface area contributed by atoms with E-state index in [9.17, 15) is 4.21 Å². The molecule has 1 aromatic carbocycles. The molecule has 3 aliphatic rings. The molecule has 1 N–H and O–H groups in total. The third-order valence-electron chi connectivity index (χ3n) is 6.33. The third-order valence-corrected chi connectivity index (χ3v) is 9.93. The fraction of sp³-hybridized carbons (Fsp3) is 0.429. The van der Waals surface area contributed by atoms with Gasteiger partial charge in [-0.3, -0.25) is 0 Å². The van der Waals surface area contributed by atoms with Gasteiger partial charge in [-0.25, -0.2) is 18.7 Å². The van der Waals surface area contributed by atoms with Gasteiger partial charge in [0.25, 0.3) is 0 Å². The van der Waals surface area contributed by atoms with Gasteiger partial charge in [0.15, 0.2) is 0 Å². The van der Waals surface area contributed by atoms with Crippen molar-refractivity contribution < 1.29 is 8.95 Å². The zero-order valence-electron chi connectivity index (χ0n) is 16.4. The molecule has 4 bridgehead atoms. The number of benzene rings is 1. The van der Waals surface area contributed by atoms with Crippen LogP contribution < -0.4 is 0 Å². The number of aryl methyl sites for hydroxylation is 2. The van der Waals surface area contributed by atoms with Crippen LogP contribution in [0.15, 0.2) is 33.8 Å². The second kappa shape index (κ2) is 5.77. The lowest BCUT2D eigenvalue weighted by Crippen LogP contribution is -2.24. The number of nitrogens with zero attached hydrogens (tertiary/aromatic N) is 3. The van der Waals surface area contributed by atoms with E-state index in [1.165, 1.54) is 33.6 Å². The summed E-state index contributed by atoms with van der Waals surface area (Å²) in [5.41, 5.74) is 5.74. The molecule has 0 amide bonds. The molecule has 2 unspecified atom stereocenters. The summed E-state index contributed by atoms with van der Waals surface area (Å²) in [7, 11) is -3.16.